The van der Waals surface area contributed by atoms with Gasteiger partial charge in [0.25, 0.3) is 0 Å². The molecule has 4 nitrogen and oxygen atoms in total. The van der Waals surface area contributed by atoms with Crippen molar-refractivity contribution in [2.75, 3.05) is 13.6 Å². The van der Waals surface area contributed by atoms with E-state index in [0.29, 0.717) is 6.42 Å². The Labute approximate surface area is 130 Å². The fourth-order valence-corrected chi connectivity index (χ4v) is 2.65. The van der Waals surface area contributed by atoms with E-state index in [1.165, 1.54) is 0 Å². The van der Waals surface area contributed by atoms with E-state index in [1.807, 2.05) is 67.7 Å². The predicted molar refractivity (Wildman–Crippen MR) is 87.3 cm³/mol. The molecule has 112 valence electrons. The summed E-state index contributed by atoms with van der Waals surface area (Å²) in [4.78, 5) is 14.5. The van der Waals surface area contributed by atoms with Gasteiger partial charge in [-0.25, -0.2) is 5.01 Å². The number of hydrogen-bond donors (Lipinski definition) is 0. The molecule has 0 aromatic heterocycles. The number of carbonyl (C=O) groups excluding carboxylic acids is 1. The van der Waals surface area contributed by atoms with Crippen LogP contribution in [-0.4, -0.2) is 35.6 Å². The number of hydrogen-bond acceptors (Lipinski definition) is 3. The molecule has 1 fully saturated rings. The van der Waals surface area contributed by atoms with Gasteiger partial charge in [0, 0.05) is 13.0 Å². The maximum atomic E-state index is 12.3. The molecule has 1 heterocycles. The third-order valence-electron chi connectivity index (χ3n) is 3.81. The van der Waals surface area contributed by atoms with Crippen molar-refractivity contribution in [3.63, 3.8) is 0 Å². The van der Waals surface area contributed by atoms with Crippen LogP contribution in [0.15, 0.2) is 65.8 Å². The molecule has 1 aliphatic rings. The molecule has 0 aliphatic carbocycles. The van der Waals surface area contributed by atoms with E-state index in [-0.39, 0.29) is 12.1 Å². The van der Waals surface area contributed by atoms with Crippen LogP contribution in [0.5, 0.6) is 0 Å². The minimum absolute atomic E-state index is 0.0548. The minimum Gasteiger partial charge on any atom is -0.281 e. The molecule has 0 bridgehead atoms. The second-order valence-electron chi connectivity index (χ2n) is 5.41. The van der Waals surface area contributed by atoms with Gasteiger partial charge in [-0.15, -0.1) is 0 Å². The third kappa shape index (κ3) is 3.07. The Balaban J connectivity index is 1.90. The lowest BCUT2D eigenvalue weighted by atomic mass is 10.1. The minimum atomic E-state index is -0.151. The number of hydrazone groups is 1. The highest BCUT2D eigenvalue weighted by molar-refractivity contribution is 5.83. The molecule has 3 rings (SSSR count). The first-order valence-corrected chi connectivity index (χ1v) is 7.42. The molecular formula is C18H19N3O. The van der Waals surface area contributed by atoms with Gasteiger partial charge in [-0.1, -0.05) is 60.7 Å². The van der Waals surface area contributed by atoms with Gasteiger partial charge in [-0.3, -0.25) is 9.69 Å². The molecule has 0 radical (unpaired) electrons. The first kappa shape index (κ1) is 14.5. The number of amides is 1. The first-order chi connectivity index (χ1) is 10.8. The largest absolute Gasteiger partial charge is 0.281 e. The summed E-state index contributed by atoms with van der Waals surface area (Å²) in [7, 11) is 2.02. The molecule has 1 amide bonds. The lowest BCUT2D eigenvalue weighted by Crippen LogP contribution is -2.46. The van der Waals surface area contributed by atoms with Crippen molar-refractivity contribution in [3.8, 4) is 0 Å². The summed E-state index contributed by atoms with van der Waals surface area (Å²) in [5.41, 5.74) is 2.05. The van der Waals surface area contributed by atoms with Gasteiger partial charge in [-0.05, 0) is 18.2 Å². The molecule has 4 heteroatoms. The van der Waals surface area contributed by atoms with E-state index in [0.717, 1.165) is 17.7 Å². The zero-order valence-electron chi connectivity index (χ0n) is 12.6. The molecular weight excluding hydrogens is 274 g/mol. The van der Waals surface area contributed by atoms with E-state index in [1.54, 1.807) is 11.2 Å². The van der Waals surface area contributed by atoms with Crippen molar-refractivity contribution in [3.05, 3.63) is 71.8 Å². The summed E-state index contributed by atoms with van der Waals surface area (Å²) in [5.74, 6) is 0.0548. The van der Waals surface area contributed by atoms with E-state index in [9.17, 15) is 4.79 Å². The van der Waals surface area contributed by atoms with Crippen LogP contribution in [0.4, 0.5) is 0 Å². The van der Waals surface area contributed by atoms with Crippen molar-refractivity contribution in [1.29, 1.82) is 0 Å². The normalized spacial score (nSPS) is 19.8. The van der Waals surface area contributed by atoms with Crippen molar-refractivity contribution in [2.24, 2.45) is 5.10 Å². The smallest absolute Gasteiger partial charge is 0.245 e. The van der Waals surface area contributed by atoms with Crippen molar-refractivity contribution >= 4 is 12.1 Å². The second-order valence-corrected chi connectivity index (χ2v) is 5.41. The highest BCUT2D eigenvalue weighted by Crippen LogP contribution is 2.28. The van der Waals surface area contributed by atoms with Gasteiger partial charge in [0.2, 0.25) is 5.91 Å². The molecule has 0 N–H and O–H groups in total. The van der Waals surface area contributed by atoms with Gasteiger partial charge in [-0.2, -0.15) is 5.10 Å². The van der Waals surface area contributed by atoms with Gasteiger partial charge in [0.05, 0.1) is 6.21 Å². The molecule has 2 aromatic rings. The van der Waals surface area contributed by atoms with Crippen molar-refractivity contribution in [2.45, 2.75) is 12.6 Å². The van der Waals surface area contributed by atoms with Crippen LogP contribution < -0.4 is 0 Å². The molecule has 2 aromatic carbocycles. The van der Waals surface area contributed by atoms with Crippen LogP contribution in [0, 0.1) is 0 Å². The molecule has 0 unspecified atom stereocenters. The number of benzene rings is 2. The van der Waals surface area contributed by atoms with Crippen LogP contribution >= 0.6 is 0 Å². The molecule has 22 heavy (non-hydrogen) atoms. The Morgan fingerprint density at radius 3 is 2.36 bits per heavy atom. The first-order valence-electron chi connectivity index (χ1n) is 7.42. The quantitative estimate of drug-likeness (QED) is 0.816. The highest BCUT2D eigenvalue weighted by atomic mass is 16.2. The average Bonchev–Trinajstić information content (AvgIpc) is 2.57. The number of rotatable bonds is 3. The molecule has 1 saturated heterocycles. The fraction of sp³-hybridized carbons (Fsp3) is 0.222. The molecule has 0 spiro atoms. The fourth-order valence-electron chi connectivity index (χ4n) is 2.65. The Morgan fingerprint density at radius 1 is 1.05 bits per heavy atom. The zero-order chi connectivity index (χ0) is 15.4. The van der Waals surface area contributed by atoms with Crippen LogP contribution in [0.2, 0.25) is 0 Å². The lowest BCUT2D eigenvalue weighted by molar-refractivity contribution is -0.143. The Hall–Kier alpha value is -2.46. The summed E-state index contributed by atoms with van der Waals surface area (Å²) in [6.07, 6.45) is 2.08. The molecule has 0 saturated carbocycles. The van der Waals surface area contributed by atoms with Crippen LogP contribution in [0.3, 0.4) is 0 Å². The summed E-state index contributed by atoms with van der Waals surface area (Å²) in [6, 6.07) is 19.8. The van der Waals surface area contributed by atoms with Crippen LogP contribution in [0.1, 0.15) is 23.7 Å². The van der Waals surface area contributed by atoms with E-state index in [2.05, 4.69) is 10.0 Å². The van der Waals surface area contributed by atoms with Gasteiger partial charge in [0.1, 0.15) is 6.17 Å². The Kier molecular flexibility index (Phi) is 4.30. The molecule has 1 atom stereocenters. The van der Waals surface area contributed by atoms with Gasteiger partial charge in [0.15, 0.2) is 0 Å². The number of carbonyl (C=O) groups is 1. The number of nitrogens with zero attached hydrogens (tertiary/aromatic N) is 3. The van der Waals surface area contributed by atoms with Crippen molar-refractivity contribution < 1.29 is 4.79 Å². The van der Waals surface area contributed by atoms with E-state index < -0.39 is 0 Å². The monoisotopic (exact) mass is 293 g/mol. The van der Waals surface area contributed by atoms with Crippen molar-refractivity contribution in [1.82, 2.24) is 9.91 Å². The third-order valence-corrected chi connectivity index (χ3v) is 3.81. The standard InChI is InChI=1S/C18H19N3O/c1-20-13-12-17(22)21(18(20)16-10-6-3-7-11-16)19-14-15-8-4-2-5-9-15/h2-11,14,18H,12-13H2,1H3/b19-14-/t18-/m0/s1. The van der Waals surface area contributed by atoms with Gasteiger partial charge < -0.3 is 0 Å². The average molecular weight is 293 g/mol. The molecule has 1 aliphatic heterocycles. The Bertz CT molecular complexity index is 655. The topological polar surface area (TPSA) is 35.9 Å². The van der Waals surface area contributed by atoms with E-state index >= 15 is 0 Å². The zero-order valence-corrected chi connectivity index (χ0v) is 12.6. The van der Waals surface area contributed by atoms with Crippen LogP contribution in [-0.2, 0) is 4.79 Å². The Morgan fingerprint density at radius 2 is 1.68 bits per heavy atom. The van der Waals surface area contributed by atoms with Gasteiger partial charge >= 0.3 is 0 Å². The van der Waals surface area contributed by atoms with Crippen LogP contribution in [0.25, 0.3) is 0 Å². The summed E-state index contributed by atoms with van der Waals surface area (Å²) in [6.45, 7) is 0.746. The summed E-state index contributed by atoms with van der Waals surface area (Å²) in [5, 5.41) is 6.05. The maximum absolute atomic E-state index is 12.3. The second kappa shape index (κ2) is 6.54. The van der Waals surface area contributed by atoms with E-state index in [4.69, 9.17) is 0 Å². The highest BCUT2D eigenvalue weighted by Gasteiger charge is 2.32. The SMILES string of the molecule is CN1CCC(=O)N(/N=C\c2ccccc2)[C@H]1c1ccccc1. The predicted octanol–water partition coefficient (Wildman–Crippen LogP) is 2.88. The maximum Gasteiger partial charge on any atom is 0.245 e. The lowest BCUT2D eigenvalue weighted by Gasteiger charge is -2.39. The summed E-state index contributed by atoms with van der Waals surface area (Å²) >= 11 is 0. The summed E-state index contributed by atoms with van der Waals surface area (Å²) < 4.78 is 0.